The molecule has 0 aliphatic rings. The van der Waals surface area contributed by atoms with Crippen LogP contribution in [0.2, 0.25) is 0 Å². The maximum Gasteiger partial charge on any atom is 0.159 e. The summed E-state index contributed by atoms with van der Waals surface area (Å²) < 4.78 is 5.88. The van der Waals surface area contributed by atoms with Crippen molar-refractivity contribution >= 4 is 0 Å². The lowest BCUT2D eigenvalue weighted by Gasteiger charge is -2.09. The van der Waals surface area contributed by atoms with E-state index in [0.717, 1.165) is 42.5 Å². The molecule has 29 heavy (non-hydrogen) atoms. The second kappa shape index (κ2) is 14.1. The van der Waals surface area contributed by atoms with Crippen molar-refractivity contribution in [3.05, 3.63) is 42.2 Å². The van der Waals surface area contributed by atoms with Gasteiger partial charge in [-0.05, 0) is 55.0 Å². The molecule has 1 aromatic carbocycles. The molecule has 0 amide bonds. The summed E-state index contributed by atoms with van der Waals surface area (Å²) in [6.45, 7) is 7.65. The van der Waals surface area contributed by atoms with Crippen LogP contribution in [0, 0.1) is 5.92 Å². The molecule has 160 valence electrons. The number of unbranched alkanes of at least 4 members (excludes halogenated alkanes) is 6. The van der Waals surface area contributed by atoms with E-state index in [9.17, 15) is 0 Å². The maximum absolute atomic E-state index is 5.88. The minimum Gasteiger partial charge on any atom is -0.494 e. The summed E-state index contributed by atoms with van der Waals surface area (Å²) in [5.41, 5.74) is 2.28. The molecule has 0 saturated carbocycles. The van der Waals surface area contributed by atoms with Gasteiger partial charge in [0.25, 0.3) is 0 Å². The molecule has 0 saturated heterocycles. The number of nitrogens with zero attached hydrogens (tertiary/aromatic N) is 2. The third kappa shape index (κ3) is 9.43. The predicted octanol–water partition coefficient (Wildman–Crippen LogP) is 7.64. The van der Waals surface area contributed by atoms with Crippen molar-refractivity contribution in [1.29, 1.82) is 0 Å². The van der Waals surface area contributed by atoms with Gasteiger partial charge in [0, 0.05) is 18.0 Å². The second-order valence-electron chi connectivity index (χ2n) is 8.31. The topological polar surface area (TPSA) is 35.0 Å². The average molecular weight is 397 g/mol. The van der Waals surface area contributed by atoms with Gasteiger partial charge in [0.2, 0.25) is 0 Å². The molecule has 0 bridgehead atoms. The normalized spacial score (nSPS) is 12.1. The van der Waals surface area contributed by atoms with Gasteiger partial charge in [-0.15, -0.1) is 0 Å². The Hall–Kier alpha value is -1.90. The van der Waals surface area contributed by atoms with E-state index in [1.807, 2.05) is 24.5 Å². The number of ether oxygens (including phenoxy) is 1. The van der Waals surface area contributed by atoms with Crippen molar-refractivity contribution in [3.63, 3.8) is 0 Å². The SMILES string of the molecule is CCCCCCCc1cnc(-c2ccc(OCCCCC[C@@H](C)CC)cc2)nc1. The van der Waals surface area contributed by atoms with Crippen molar-refractivity contribution in [1.82, 2.24) is 9.97 Å². The van der Waals surface area contributed by atoms with E-state index in [1.165, 1.54) is 63.4 Å². The van der Waals surface area contributed by atoms with E-state index in [4.69, 9.17) is 4.74 Å². The summed E-state index contributed by atoms with van der Waals surface area (Å²) >= 11 is 0. The molecule has 1 heterocycles. The molecule has 0 fully saturated rings. The number of benzene rings is 1. The molecule has 3 heteroatoms. The Kier molecular flexibility index (Phi) is 11.4. The fraction of sp³-hybridized carbons (Fsp3) is 0.615. The molecule has 1 aromatic heterocycles. The largest absolute Gasteiger partial charge is 0.494 e. The number of rotatable bonds is 15. The Morgan fingerprint density at radius 1 is 0.828 bits per heavy atom. The van der Waals surface area contributed by atoms with Crippen LogP contribution in [0.4, 0.5) is 0 Å². The van der Waals surface area contributed by atoms with Gasteiger partial charge in [0.15, 0.2) is 5.82 Å². The lowest BCUT2D eigenvalue weighted by molar-refractivity contribution is 0.302. The smallest absolute Gasteiger partial charge is 0.159 e. The quantitative estimate of drug-likeness (QED) is 0.290. The summed E-state index contributed by atoms with van der Waals surface area (Å²) in [4.78, 5) is 9.12. The highest BCUT2D eigenvalue weighted by atomic mass is 16.5. The molecule has 2 rings (SSSR count). The molecular weight excluding hydrogens is 356 g/mol. The van der Waals surface area contributed by atoms with Crippen LogP contribution in [-0.4, -0.2) is 16.6 Å². The minimum atomic E-state index is 0.788. The Morgan fingerprint density at radius 3 is 2.21 bits per heavy atom. The highest BCUT2D eigenvalue weighted by Gasteiger charge is 2.03. The highest BCUT2D eigenvalue weighted by molar-refractivity contribution is 5.55. The first-order valence-corrected chi connectivity index (χ1v) is 11.8. The monoisotopic (exact) mass is 396 g/mol. The fourth-order valence-electron chi connectivity index (χ4n) is 3.43. The first-order chi connectivity index (χ1) is 14.2. The van der Waals surface area contributed by atoms with Crippen LogP contribution in [0.1, 0.15) is 90.5 Å². The van der Waals surface area contributed by atoms with Gasteiger partial charge in [-0.2, -0.15) is 0 Å². The summed E-state index contributed by atoms with van der Waals surface area (Å²) in [6.07, 6.45) is 17.8. The minimum absolute atomic E-state index is 0.788. The van der Waals surface area contributed by atoms with E-state index in [-0.39, 0.29) is 0 Å². The van der Waals surface area contributed by atoms with Crippen LogP contribution in [0.25, 0.3) is 11.4 Å². The van der Waals surface area contributed by atoms with Crippen molar-refractivity contribution in [3.8, 4) is 17.1 Å². The summed E-state index contributed by atoms with van der Waals surface area (Å²) in [6, 6.07) is 8.16. The molecular formula is C26H40N2O. The third-order valence-electron chi connectivity index (χ3n) is 5.69. The van der Waals surface area contributed by atoms with Crippen LogP contribution < -0.4 is 4.74 Å². The van der Waals surface area contributed by atoms with E-state index in [0.29, 0.717) is 0 Å². The summed E-state index contributed by atoms with van der Waals surface area (Å²) in [7, 11) is 0. The molecule has 0 radical (unpaired) electrons. The zero-order valence-corrected chi connectivity index (χ0v) is 18.8. The lowest BCUT2D eigenvalue weighted by Crippen LogP contribution is -1.98. The lowest BCUT2D eigenvalue weighted by atomic mass is 10.0. The first kappa shape index (κ1) is 23.4. The van der Waals surface area contributed by atoms with Crippen LogP contribution in [0.3, 0.4) is 0 Å². The van der Waals surface area contributed by atoms with Crippen molar-refractivity contribution < 1.29 is 4.74 Å². The molecule has 2 aromatic rings. The standard InChI is InChI=1S/C26H40N2O/c1-4-6-7-8-11-14-23-20-27-26(28-21-23)24-15-17-25(18-16-24)29-19-12-9-10-13-22(3)5-2/h15-18,20-22H,4-14,19H2,1-3H3/t22-/m0/s1. The van der Waals surface area contributed by atoms with Crippen LogP contribution in [0.5, 0.6) is 5.75 Å². The number of hydrogen-bond acceptors (Lipinski definition) is 3. The number of aryl methyl sites for hydroxylation is 1. The zero-order chi connectivity index (χ0) is 20.7. The first-order valence-electron chi connectivity index (χ1n) is 11.8. The van der Waals surface area contributed by atoms with Crippen molar-refractivity contribution in [2.45, 2.75) is 91.4 Å². The molecule has 0 aliphatic heterocycles. The maximum atomic E-state index is 5.88. The molecule has 0 spiro atoms. The Labute approximate surface area is 178 Å². The van der Waals surface area contributed by atoms with Crippen LogP contribution >= 0.6 is 0 Å². The number of aromatic nitrogens is 2. The number of hydrogen-bond donors (Lipinski definition) is 0. The molecule has 3 nitrogen and oxygen atoms in total. The van der Waals surface area contributed by atoms with Crippen LogP contribution in [-0.2, 0) is 6.42 Å². The molecule has 0 unspecified atom stereocenters. The van der Waals surface area contributed by atoms with Gasteiger partial charge in [-0.3, -0.25) is 0 Å². The van der Waals surface area contributed by atoms with E-state index in [2.05, 4.69) is 42.9 Å². The van der Waals surface area contributed by atoms with E-state index in [1.54, 1.807) is 0 Å². The van der Waals surface area contributed by atoms with E-state index < -0.39 is 0 Å². The van der Waals surface area contributed by atoms with Gasteiger partial charge in [-0.1, -0.05) is 72.1 Å². The Bertz CT molecular complexity index is 651. The van der Waals surface area contributed by atoms with Crippen LogP contribution in [0.15, 0.2) is 36.7 Å². The Morgan fingerprint density at radius 2 is 1.52 bits per heavy atom. The van der Waals surface area contributed by atoms with E-state index >= 15 is 0 Å². The van der Waals surface area contributed by atoms with Crippen molar-refractivity contribution in [2.24, 2.45) is 5.92 Å². The predicted molar refractivity (Wildman–Crippen MR) is 123 cm³/mol. The third-order valence-corrected chi connectivity index (χ3v) is 5.69. The molecule has 1 atom stereocenters. The fourth-order valence-corrected chi connectivity index (χ4v) is 3.43. The Balaban J connectivity index is 1.69. The van der Waals surface area contributed by atoms with Gasteiger partial charge in [-0.25, -0.2) is 9.97 Å². The summed E-state index contributed by atoms with van der Waals surface area (Å²) in [5, 5.41) is 0. The molecule has 0 aliphatic carbocycles. The summed E-state index contributed by atoms with van der Waals surface area (Å²) in [5.74, 6) is 2.57. The van der Waals surface area contributed by atoms with Gasteiger partial charge in [0.1, 0.15) is 5.75 Å². The zero-order valence-electron chi connectivity index (χ0n) is 18.8. The second-order valence-corrected chi connectivity index (χ2v) is 8.31. The molecule has 0 N–H and O–H groups in total. The van der Waals surface area contributed by atoms with Crippen molar-refractivity contribution in [2.75, 3.05) is 6.61 Å². The van der Waals surface area contributed by atoms with Gasteiger partial charge < -0.3 is 4.74 Å². The van der Waals surface area contributed by atoms with Gasteiger partial charge >= 0.3 is 0 Å². The highest BCUT2D eigenvalue weighted by Crippen LogP contribution is 2.20. The van der Waals surface area contributed by atoms with Gasteiger partial charge in [0.05, 0.1) is 6.61 Å². The average Bonchev–Trinajstić information content (AvgIpc) is 2.76.